The normalized spacial score (nSPS) is 15.2. The van der Waals surface area contributed by atoms with E-state index in [2.05, 4.69) is 30.8 Å². The average molecular weight is 460 g/mol. The fourth-order valence-corrected chi connectivity index (χ4v) is 3.65. The molecule has 1 amide bonds. The zero-order valence-electron chi connectivity index (χ0n) is 17.0. The third-order valence-electron chi connectivity index (χ3n) is 4.85. The molecule has 0 radical (unpaired) electrons. The van der Waals surface area contributed by atoms with Crippen molar-refractivity contribution in [3.8, 4) is 0 Å². The van der Waals surface area contributed by atoms with Gasteiger partial charge in [-0.15, -0.1) is 0 Å². The zero-order valence-corrected chi connectivity index (χ0v) is 18.6. The van der Waals surface area contributed by atoms with E-state index >= 15 is 0 Å². The molecular formula is C21H26BrN5O2. The lowest BCUT2D eigenvalue weighted by Crippen LogP contribution is -2.41. The van der Waals surface area contributed by atoms with E-state index in [0.717, 1.165) is 25.3 Å². The van der Waals surface area contributed by atoms with Crippen LogP contribution in [0, 0.1) is 5.41 Å². The fraction of sp³-hybridized carbons (Fsp3) is 0.429. The Morgan fingerprint density at radius 1 is 1.14 bits per heavy atom. The van der Waals surface area contributed by atoms with E-state index in [0.29, 0.717) is 28.8 Å². The van der Waals surface area contributed by atoms with Gasteiger partial charge in [-0.05, 0) is 40.5 Å². The lowest BCUT2D eigenvalue weighted by Gasteiger charge is -2.28. The van der Waals surface area contributed by atoms with E-state index in [1.54, 1.807) is 18.3 Å². The smallest absolute Gasteiger partial charge is 0.228 e. The van der Waals surface area contributed by atoms with Crippen LogP contribution in [0.4, 0.5) is 11.6 Å². The number of carbonyl (C=O) groups excluding carboxylic acids is 2. The van der Waals surface area contributed by atoms with Crippen LogP contribution in [0.3, 0.4) is 0 Å². The largest absolute Gasteiger partial charge is 0.383 e. The van der Waals surface area contributed by atoms with E-state index in [-0.39, 0.29) is 17.5 Å². The molecule has 2 aromatic rings. The lowest BCUT2D eigenvalue weighted by molar-refractivity contribution is -0.139. The summed E-state index contributed by atoms with van der Waals surface area (Å²) in [5.74, 6) is 0.797. The molecule has 3 heterocycles. The molecule has 7 nitrogen and oxygen atoms in total. The predicted molar refractivity (Wildman–Crippen MR) is 117 cm³/mol. The van der Waals surface area contributed by atoms with E-state index < -0.39 is 5.41 Å². The first-order valence-electron chi connectivity index (χ1n) is 9.64. The van der Waals surface area contributed by atoms with Crippen molar-refractivity contribution in [2.24, 2.45) is 5.41 Å². The molecule has 2 N–H and O–H groups in total. The summed E-state index contributed by atoms with van der Waals surface area (Å²) in [5.41, 5.74) is 6.13. The predicted octanol–water partition coefficient (Wildman–Crippen LogP) is 3.14. The SMILES string of the molecule is CC(C)(C)C(=O)N1CCCN(c2cccc(C(=O)c3cc(Br)cnc3N)n2)CC1. The van der Waals surface area contributed by atoms with Gasteiger partial charge < -0.3 is 15.5 Å². The molecule has 3 rings (SSSR count). The Morgan fingerprint density at radius 2 is 1.90 bits per heavy atom. The number of amides is 1. The number of hydrogen-bond acceptors (Lipinski definition) is 6. The van der Waals surface area contributed by atoms with Gasteiger partial charge >= 0.3 is 0 Å². The molecule has 1 fully saturated rings. The van der Waals surface area contributed by atoms with Crippen molar-refractivity contribution in [3.05, 3.63) is 46.2 Å². The Kier molecular flexibility index (Phi) is 6.21. The molecule has 1 saturated heterocycles. The Labute approximate surface area is 179 Å². The first-order valence-corrected chi connectivity index (χ1v) is 10.4. The molecule has 0 spiro atoms. The summed E-state index contributed by atoms with van der Waals surface area (Å²) in [4.78, 5) is 38.1. The highest BCUT2D eigenvalue weighted by Gasteiger charge is 2.29. The molecule has 0 unspecified atom stereocenters. The summed E-state index contributed by atoms with van der Waals surface area (Å²) in [6.07, 6.45) is 2.40. The summed E-state index contributed by atoms with van der Waals surface area (Å²) in [7, 11) is 0. The van der Waals surface area contributed by atoms with Crippen molar-refractivity contribution < 1.29 is 9.59 Å². The van der Waals surface area contributed by atoms with Gasteiger partial charge in [-0.2, -0.15) is 0 Å². The molecule has 0 saturated carbocycles. The van der Waals surface area contributed by atoms with Crippen molar-refractivity contribution in [3.63, 3.8) is 0 Å². The number of aromatic nitrogens is 2. The maximum atomic E-state index is 12.9. The van der Waals surface area contributed by atoms with E-state index in [4.69, 9.17) is 5.73 Å². The fourth-order valence-electron chi connectivity index (χ4n) is 3.32. The maximum Gasteiger partial charge on any atom is 0.228 e. The number of pyridine rings is 2. The molecule has 29 heavy (non-hydrogen) atoms. The highest BCUT2D eigenvalue weighted by atomic mass is 79.9. The summed E-state index contributed by atoms with van der Waals surface area (Å²) < 4.78 is 0.683. The molecule has 2 aromatic heterocycles. The van der Waals surface area contributed by atoms with Crippen molar-refractivity contribution in [2.45, 2.75) is 27.2 Å². The molecule has 0 atom stereocenters. The van der Waals surface area contributed by atoms with Gasteiger partial charge in [0.1, 0.15) is 17.3 Å². The third-order valence-corrected chi connectivity index (χ3v) is 5.28. The first kappa shape index (κ1) is 21.2. The quantitative estimate of drug-likeness (QED) is 0.708. The molecule has 0 aromatic carbocycles. The third kappa shape index (κ3) is 4.93. The molecule has 1 aliphatic rings. The van der Waals surface area contributed by atoms with Crippen molar-refractivity contribution in [1.29, 1.82) is 0 Å². The number of carbonyl (C=O) groups is 2. The van der Waals surface area contributed by atoms with Gasteiger partial charge in [-0.1, -0.05) is 26.8 Å². The number of anilines is 2. The monoisotopic (exact) mass is 459 g/mol. The first-order chi connectivity index (χ1) is 13.7. The highest BCUT2D eigenvalue weighted by molar-refractivity contribution is 9.10. The van der Waals surface area contributed by atoms with Gasteiger partial charge in [0, 0.05) is 42.3 Å². The minimum Gasteiger partial charge on any atom is -0.383 e. The highest BCUT2D eigenvalue weighted by Crippen LogP contribution is 2.22. The Balaban J connectivity index is 1.78. The van der Waals surface area contributed by atoms with Gasteiger partial charge in [0.2, 0.25) is 11.7 Å². The van der Waals surface area contributed by atoms with Crippen LogP contribution >= 0.6 is 15.9 Å². The minimum absolute atomic E-state index is 0.161. The second-order valence-corrected chi connectivity index (χ2v) is 9.09. The molecule has 154 valence electrons. The Hall–Kier alpha value is -2.48. The zero-order chi connectivity index (χ0) is 21.2. The molecule has 1 aliphatic heterocycles. The van der Waals surface area contributed by atoms with Crippen LogP contribution < -0.4 is 10.6 Å². The summed E-state index contributed by atoms with van der Waals surface area (Å²) in [6, 6.07) is 7.04. The number of rotatable bonds is 3. The van der Waals surface area contributed by atoms with Crippen LogP contribution in [-0.2, 0) is 4.79 Å². The van der Waals surface area contributed by atoms with Gasteiger partial charge in [0.25, 0.3) is 0 Å². The van der Waals surface area contributed by atoms with Crippen LogP contribution in [0.25, 0.3) is 0 Å². The van der Waals surface area contributed by atoms with Gasteiger partial charge in [-0.25, -0.2) is 9.97 Å². The van der Waals surface area contributed by atoms with E-state index in [9.17, 15) is 9.59 Å². The van der Waals surface area contributed by atoms with Crippen molar-refractivity contribution >= 4 is 39.3 Å². The van der Waals surface area contributed by atoms with Crippen LogP contribution in [0.2, 0.25) is 0 Å². The number of hydrogen-bond donors (Lipinski definition) is 1. The average Bonchev–Trinajstić information content (AvgIpc) is 2.94. The number of nitrogens with two attached hydrogens (primary N) is 1. The number of ketones is 1. The molecular weight excluding hydrogens is 434 g/mol. The Bertz CT molecular complexity index is 926. The standard InChI is InChI=1S/C21H26BrN5O2/c1-21(2,3)20(29)27-9-5-8-26(10-11-27)17-7-4-6-16(25-17)18(28)15-12-14(22)13-24-19(15)23/h4,6-7,12-13H,5,8-11H2,1-3H3,(H2,23,24). The molecule has 8 heteroatoms. The summed E-state index contributed by atoms with van der Waals surface area (Å²) in [5, 5.41) is 0. The molecule has 0 bridgehead atoms. The maximum absolute atomic E-state index is 12.9. The van der Waals surface area contributed by atoms with Gasteiger partial charge in [0.05, 0.1) is 5.56 Å². The van der Waals surface area contributed by atoms with E-state index in [1.807, 2.05) is 37.8 Å². The van der Waals surface area contributed by atoms with Crippen LogP contribution in [0.1, 0.15) is 43.2 Å². The van der Waals surface area contributed by atoms with Crippen molar-refractivity contribution in [2.75, 3.05) is 36.8 Å². The number of nitrogens with zero attached hydrogens (tertiary/aromatic N) is 4. The second kappa shape index (κ2) is 8.49. The van der Waals surface area contributed by atoms with Gasteiger partial charge in [0.15, 0.2) is 0 Å². The topological polar surface area (TPSA) is 92.4 Å². The summed E-state index contributed by atoms with van der Waals surface area (Å²) in [6.45, 7) is 8.64. The van der Waals surface area contributed by atoms with Crippen LogP contribution in [-0.4, -0.2) is 52.7 Å². The lowest BCUT2D eigenvalue weighted by atomic mass is 9.94. The van der Waals surface area contributed by atoms with Crippen LogP contribution in [0.15, 0.2) is 34.9 Å². The molecule has 0 aliphatic carbocycles. The summed E-state index contributed by atoms with van der Waals surface area (Å²) >= 11 is 3.32. The van der Waals surface area contributed by atoms with Crippen molar-refractivity contribution in [1.82, 2.24) is 14.9 Å². The van der Waals surface area contributed by atoms with Crippen LogP contribution in [0.5, 0.6) is 0 Å². The van der Waals surface area contributed by atoms with E-state index in [1.165, 1.54) is 0 Å². The Morgan fingerprint density at radius 3 is 2.62 bits per heavy atom. The second-order valence-electron chi connectivity index (χ2n) is 8.18. The minimum atomic E-state index is -0.391. The van der Waals surface area contributed by atoms with Gasteiger partial charge in [-0.3, -0.25) is 9.59 Å². The number of nitrogen functional groups attached to an aromatic ring is 1. The number of halogens is 1.